The molecule has 5 nitrogen and oxygen atoms in total. The quantitative estimate of drug-likeness (QED) is 0.185. The summed E-state index contributed by atoms with van der Waals surface area (Å²) in [6, 6.07) is 24.9. The molecule has 38 heavy (non-hydrogen) atoms. The van der Waals surface area contributed by atoms with Crippen LogP contribution in [-0.4, -0.2) is 28.6 Å². The second-order valence-electron chi connectivity index (χ2n) is 10.4. The summed E-state index contributed by atoms with van der Waals surface area (Å²) in [6.07, 6.45) is 5.39. The smallest absolute Gasteiger partial charge is 0.224 e. The van der Waals surface area contributed by atoms with E-state index in [-0.39, 0.29) is 5.91 Å². The first-order chi connectivity index (χ1) is 18.5. The molecule has 1 N–H and O–H groups in total. The van der Waals surface area contributed by atoms with Crippen molar-refractivity contribution >= 4 is 16.9 Å². The lowest BCUT2D eigenvalue weighted by atomic mass is 10.0. The number of unbranched alkanes of at least 4 members (excludes halogenated alkanes) is 2. The van der Waals surface area contributed by atoms with Gasteiger partial charge in [-0.15, -0.1) is 0 Å². The summed E-state index contributed by atoms with van der Waals surface area (Å²) in [5.74, 6) is 2.69. The third-order valence-electron chi connectivity index (χ3n) is 7.09. The maximum absolute atomic E-state index is 12.3. The van der Waals surface area contributed by atoms with E-state index in [1.807, 2.05) is 37.3 Å². The van der Waals surface area contributed by atoms with Crippen molar-refractivity contribution in [3.63, 3.8) is 0 Å². The second kappa shape index (κ2) is 13.8. The third-order valence-corrected chi connectivity index (χ3v) is 7.09. The molecular formula is C33H41N3O2. The number of aryl methyl sites for hydroxylation is 3. The minimum atomic E-state index is 0.0965. The van der Waals surface area contributed by atoms with E-state index < -0.39 is 0 Å². The monoisotopic (exact) mass is 511 g/mol. The van der Waals surface area contributed by atoms with E-state index in [1.165, 1.54) is 11.1 Å². The average molecular weight is 512 g/mol. The van der Waals surface area contributed by atoms with E-state index in [9.17, 15) is 4.79 Å². The van der Waals surface area contributed by atoms with Crippen LogP contribution in [0.2, 0.25) is 0 Å². The summed E-state index contributed by atoms with van der Waals surface area (Å²) in [7, 11) is 0. The second-order valence-corrected chi connectivity index (χ2v) is 10.4. The van der Waals surface area contributed by atoms with Crippen LogP contribution in [0.3, 0.4) is 0 Å². The van der Waals surface area contributed by atoms with E-state index in [0.717, 1.165) is 73.4 Å². The molecular weight excluding hydrogens is 470 g/mol. The van der Waals surface area contributed by atoms with E-state index in [2.05, 4.69) is 66.2 Å². The molecule has 0 fully saturated rings. The molecule has 1 heterocycles. The van der Waals surface area contributed by atoms with Gasteiger partial charge in [0, 0.05) is 19.5 Å². The zero-order chi connectivity index (χ0) is 26.7. The van der Waals surface area contributed by atoms with Crippen LogP contribution in [0.15, 0.2) is 72.8 Å². The summed E-state index contributed by atoms with van der Waals surface area (Å²) in [6.45, 7) is 8.73. The van der Waals surface area contributed by atoms with E-state index in [1.54, 1.807) is 0 Å². The Morgan fingerprint density at radius 2 is 1.68 bits per heavy atom. The number of hydrogen-bond donors (Lipinski definition) is 1. The topological polar surface area (TPSA) is 56.2 Å². The Morgan fingerprint density at radius 1 is 0.921 bits per heavy atom. The van der Waals surface area contributed by atoms with Gasteiger partial charge in [0.05, 0.1) is 24.1 Å². The Hall–Kier alpha value is -3.60. The van der Waals surface area contributed by atoms with Crippen molar-refractivity contribution in [2.45, 2.75) is 71.8 Å². The predicted octanol–water partition coefficient (Wildman–Crippen LogP) is 7.01. The highest BCUT2D eigenvalue weighted by atomic mass is 16.5. The molecule has 3 aromatic carbocycles. The Bertz CT molecular complexity index is 1310. The number of hydrogen-bond acceptors (Lipinski definition) is 3. The van der Waals surface area contributed by atoms with Crippen molar-refractivity contribution < 1.29 is 9.53 Å². The summed E-state index contributed by atoms with van der Waals surface area (Å²) in [4.78, 5) is 17.2. The number of benzene rings is 3. The lowest BCUT2D eigenvalue weighted by molar-refractivity contribution is -0.120. The molecule has 0 bridgehead atoms. The maximum atomic E-state index is 12.3. The number of rotatable bonds is 14. The zero-order valence-electron chi connectivity index (χ0n) is 23.1. The van der Waals surface area contributed by atoms with Gasteiger partial charge in [0.15, 0.2) is 0 Å². The molecule has 0 atom stereocenters. The van der Waals surface area contributed by atoms with Crippen LogP contribution in [-0.2, 0) is 24.2 Å². The molecule has 4 aromatic rings. The average Bonchev–Trinajstić information content (AvgIpc) is 3.27. The normalized spacial score (nSPS) is 11.3. The fourth-order valence-electron chi connectivity index (χ4n) is 4.78. The minimum absolute atomic E-state index is 0.0965. The number of nitrogens with zero attached hydrogens (tertiary/aromatic N) is 2. The maximum Gasteiger partial charge on any atom is 0.224 e. The lowest BCUT2D eigenvalue weighted by Gasteiger charge is -2.11. The molecule has 0 saturated heterocycles. The van der Waals surface area contributed by atoms with E-state index >= 15 is 0 Å². The summed E-state index contributed by atoms with van der Waals surface area (Å²) >= 11 is 0. The molecule has 0 aliphatic carbocycles. The van der Waals surface area contributed by atoms with Crippen molar-refractivity contribution in [3.8, 4) is 5.75 Å². The van der Waals surface area contributed by atoms with Crippen molar-refractivity contribution in [2.75, 3.05) is 13.2 Å². The van der Waals surface area contributed by atoms with Crippen LogP contribution >= 0.6 is 0 Å². The number of carbonyl (C=O) groups is 1. The van der Waals surface area contributed by atoms with E-state index in [0.29, 0.717) is 18.9 Å². The fourth-order valence-corrected chi connectivity index (χ4v) is 4.78. The molecule has 0 aliphatic heterocycles. The van der Waals surface area contributed by atoms with Crippen LogP contribution < -0.4 is 10.1 Å². The number of amides is 1. The SMILES string of the molecule is Cc1ccccc1CC(=O)NCCCCCc1nc2ccccc2n1CCCOc1ccc(C(C)C)cc1. The molecule has 1 aromatic heterocycles. The summed E-state index contributed by atoms with van der Waals surface area (Å²) in [5, 5.41) is 3.07. The molecule has 0 unspecified atom stereocenters. The zero-order valence-corrected chi connectivity index (χ0v) is 23.1. The Morgan fingerprint density at radius 3 is 2.47 bits per heavy atom. The Kier molecular flexibility index (Phi) is 9.97. The third kappa shape index (κ3) is 7.70. The highest BCUT2D eigenvalue weighted by Gasteiger charge is 2.11. The van der Waals surface area contributed by atoms with Gasteiger partial charge in [-0.1, -0.05) is 68.8 Å². The predicted molar refractivity (Wildman–Crippen MR) is 156 cm³/mol. The van der Waals surface area contributed by atoms with Crippen LogP contribution in [0.5, 0.6) is 5.75 Å². The van der Waals surface area contributed by atoms with Crippen LogP contribution in [0, 0.1) is 6.92 Å². The highest BCUT2D eigenvalue weighted by molar-refractivity contribution is 5.78. The fraction of sp³-hybridized carbons (Fsp3) is 0.394. The number of ether oxygens (including phenoxy) is 1. The lowest BCUT2D eigenvalue weighted by Crippen LogP contribution is -2.26. The van der Waals surface area contributed by atoms with Crippen molar-refractivity contribution in [1.29, 1.82) is 0 Å². The molecule has 0 saturated carbocycles. The standard InChI is InChI=1S/C33H41N3O2/c1-25(2)27-17-19-29(20-18-27)38-23-11-22-36-31-15-9-8-14-30(31)35-32(36)16-5-4-10-21-34-33(37)24-28-13-7-6-12-26(28)3/h6-9,12-15,17-20,25H,4-5,10-11,16,21-24H2,1-3H3,(H,34,37). The van der Waals surface area contributed by atoms with Gasteiger partial charge in [0.25, 0.3) is 0 Å². The molecule has 1 amide bonds. The number of nitrogens with one attached hydrogen (secondary N) is 1. The highest BCUT2D eigenvalue weighted by Crippen LogP contribution is 2.20. The Labute approximate surface area is 227 Å². The number of carbonyl (C=O) groups excluding carboxylic acids is 1. The van der Waals surface area contributed by atoms with Crippen molar-refractivity contribution in [2.24, 2.45) is 0 Å². The summed E-state index contributed by atoms with van der Waals surface area (Å²) in [5.41, 5.74) is 5.83. The first-order valence-electron chi connectivity index (χ1n) is 14.0. The molecule has 0 aliphatic rings. The largest absolute Gasteiger partial charge is 0.494 e. The molecule has 0 spiro atoms. The summed E-state index contributed by atoms with van der Waals surface area (Å²) < 4.78 is 8.36. The number of fused-ring (bicyclic) bond motifs is 1. The molecule has 4 rings (SSSR count). The van der Waals surface area contributed by atoms with Crippen LogP contribution in [0.4, 0.5) is 0 Å². The van der Waals surface area contributed by atoms with Gasteiger partial charge in [0.2, 0.25) is 5.91 Å². The minimum Gasteiger partial charge on any atom is -0.494 e. The Balaban J connectivity index is 1.21. The van der Waals surface area contributed by atoms with Crippen molar-refractivity contribution in [1.82, 2.24) is 14.9 Å². The number of para-hydroxylation sites is 2. The molecule has 0 radical (unpaired) electrons. The van der Waals surface area contributed by atoms with Gasteiger partial charge in [-0.2, -0.15) is 0 Å². The number of aromatic nitrogens is 2. The van der Waals surface area contributed by atoms with Gasteiger partial charge < -0.3 is 14.6 Å². The van der Waals surface area contributed by atoms with Gasteiger partial charge >= 0.3 is 0 Å². The molecule has 5 heteroatoms. The van der Waals surface area contributed by atoms with Gasteiger partial charge in [0.1, 0.15) is 11.6 Å². The van der Waals surface area contributed by atoms with E-state index in [4.69, 9.17) is 9.72 Å². The van der Waals surface area contributed by atoms with Crippen LogP contribution in [0.1, 0.15) is 68.0 Å². The van der Waals surface area contributed by atoms with Gasteiger partial charge in [-0.3, -0.25) is 4.79 Å². The van der Waals surface area contributed by atoms with Crippen molar-refractivity contribution in [3.05, 3.63) is 95.3 Å². The van der Waals surface area contributed by atoms with Crippen LogP contribution in [0.25, 0.3) is 11.0 Å². The van der Waals surface area contributed by atoms with Gasteiger partial charge in [-0.05, 0) is 73.1 Å². The van der Waals surface area contributed by atoms with Gasteiger partial charge in [-0.25, -0.2) is 4.98 Å². The first-order valence-corrected chi connectivity index (χ1v) is 14.0. The molecule has 200 valence electrons. The number of imidazole rings is 1. The first kappa shape index (κ1) is 27.4.